The van der Waals surface area contributed by atoms with E-state index in [2.05, 4.69) is 6.92 Å². The highest BCUT2D eigenvalue weighted by Gasteiger charge is 2.66. The Labute approximate surface area is 80.8 Å². The van der Waals surface area contributed by atoms with Gasteiger partial charge in [0.2, 0.25) is 0 Å². The van der Waals surface area contributed by atoms with Crippen LogP contribution in [0.25, 0.3) is 0 Å². The van der Waals surface area contributed by atoms with E-state index in [-0.39, 0.29) is 0 Å². The van der Waals surface area contributed by atoms with Crippen LogP contribution in [0.3, 0.4) is 0 Å². The van der Waals surface area contributed by atoms with Gasteiger partial charge < -0.3 is 4.74 Å². The Bertz CT molecular complexity index is 213. The highest BCUT2D eigenvalue weighted by Crippen LogP contribution is 2.66. The number of hydrogen-bond donors (Lipinski definition) is 0. The van der Waals surface area contributed by atoms with Crippen molar-refractivity contribution in [3.05, 3.63) is 0 Å². The zero-order chi connectivity index (χ0) is 8.89. The van der Waals surface area contributed by atoms with Crippen LogP contribution in [0, 0.1) is 17.8 Å². The fourth-order valence-corrected chi connectivity index (χ4v) is 4.11. The van der Waals surface area contributed by atoms with E-state index in [1.54, 1.807) is 0 Å². The van der Waals surface area contributed by atoms with E-state index in [9.17, 15) is 0 Å². The van der Waals surface area contributed by atoms with Crippen LogP contribution in [0.2, 0.25) is 0 Å². The third-order valence-corrected chi connectivity index (χ3v) is 4.63. The van der Waals surface area contributed by atoms with Crippen LogP contribution in [-0.4, -0.2) is 12.2 Å². The molecule has 4 unspecified atom stereocenters. The quantitative estimate of drug-likeness (QED) is 0.634. The standard InChI is InChI=1S/C12H20O/c1-2-13-12-8-10(12)7-9-5-3-4-6-11(9)12/h9-11H,2-8H2,1H3. The molecule has 0 bridgehead atoms. The van der Waals surface area contributed by atoms with Gasteiger partial charge in [-0.15, -0.1) is 0 Å². The minimum atomic E-state index is 0.403. The minimum absolute atomic E-state index is 0.403. The zero-order valence-electron chi connectivity index (χ0n) is 8.59. The molecule has 1 heteroatoms. The van der Waals surface area contributed by atoms with Gasteiger partial charge in [0.05, 0.1) is 5.60 Å². The Morgan fingerprint density at radius 1 is 1.31 bits per heavy atom. The first-order valence-corrected chi connectivity index (χ1v) is 6.01. The van der Waals surface area contributed by atoms with Crippen LogP contribution in [-0.2, 0) is 4.74 Å². The van der Waals surface area contributed by atoms with Gasteiger partial charge in [0.1, 0.15) is 0 Å². The summed E-state index contributed by atoms with van der Waals surface area (Å²) in [5.74, 6) is 2.95. The van der Waals surface area contributed by atoms with E-state index in [1.807, 2.05) is 0 Å². The maximum Gasteiger partial charge on any atom is 0.0745 e. The Hall–Kier alpha value is -0.0400. The summed E-state index contributed by atoms with van der Waals surface area (Å²) < 4.78 is 6.03. The first kappa shape index (κ1) is 8.28. The van der Waals surface area contributed by atoms with Gasteiger partial charge in [-0.05, 0) is 43.9 Å². The molecular weight excluding hydrogens is 160 g/mol. The molecule has 0 spiro atoms. The number of rotatable bonds is 2. The molecule has 1 nitrogen and oxygen atoms in total. The Balaban J connectivity index is 1.78. The van der Waals surface area contributed by atoms with E-state index in [4.69, 9.17) is 4.74 Å². The molecule has 0 N–H and O–H groups in total. The number of ether oxygens (including phenoxy) is 1. The summed E-state index contributed by atoms with van der Waals surface area (Å²) in [6.45, 7) is 3.08. The van der Waals surface area contributed by atoms with Crippen molar-refractivity contribution in [2.24, 2.45) is 17.8 Å². The number of hydrogen-bond acceptors (Lipinski definition) is 1. The Kier molecular flexibility index (Phi) is 1.74. The predicted octanol–water partition coefficient (Wildman–Crippen LogP) is 2.99. The number of fused-ring (bicyclic) bond motifs is 3. The summed E-state index contributed by atoms with van der Waals surface area (Å²) >= 11 is 0. The van der Waals surface area contributed by atoms with Crippen molar-refractivity contribution in [3.63, 3.8) is 0 Å². The second-order valence-corrected chi connectivity index (χ2v) is 5.18. The van der Waals surface area contributed by atoms with Gasteiger partial charge in [-0.1, -0.05) is 19.3 Å². The molecule has 0 amide bonds. The highest BCUT2D eigenvalue weighted by atomic mass is 16.5. The van der Waals surface area contributed by atoms with Gasteiger partial charge in [0.25, 0.3) is 0 Å². The molecule has 0 radical (unpaired) electrons. The third-order valence-electron chi connectivity index (χ3n) is 4.63. The van der Waals surface area contributed by atoms with Crippen molar-refractivity contribution in [2.75, 3.05) is 6.61 Å². The summed E-state index contributed by atoms with van der Waals surface area (Å²) in [5, 5.41) is 0. The van der Waals surface area contributed by atoms with Crippen LogP contribution in [0.15, 0.2) is 0 Å². The summed E-state index contributed by atoms with van der Waals surface area (Å²) in [6.07, 6.45) is 8.78. The molecule has 3 rings (SSSR count). The van der Waals surface area contributed by atoms with Crippen molar-refractivity contribution >= 4 is 0 Å². The van der Waals surface area contributed by atoms with Crippen molar-refractivity contribution in [1.82, 2.24) is 0 Å². The summed E-state index contributed by atoms with van der Waals surface area (Å²) in [6, 6.07) is 0. The van der Waals surface area contributed by atoms with Crippen LogP contribution in [0.1, 0.15) is 45.4 Å². The molecule has 0 heterocycles. The lowest BCUT2D eigenvalue weighted by Gasteiger charge is -2.32. The topological polar surface area (TPSA) is 9.23 Å². The highest BCUT2D eigenvalue weighted by molar-refractivity contribution is 5.17. The molecule has 3 saturated carbocycles. The lowest BCUT2D eigenvalue weighted by Crippen LogP contribution is -2.30. The zero-order valence-corrected chi connectivity index (χ0v) is 8.59. The molecule has 0 aromatic carbocycles. The largest absolute Gasteiger partial charge is 0.375 e. The monoisotopic (exact) mass is 180 g/mol. The minimum Gasteiger partial charge on any atom is -0.375 e. The van der Waals surface area contributed by atoms with E-state index < -0.39 is 0 Å². The van der Waals surface area contributed by atoms with Crippen molar-refractivity contribution in [3.8, 4) is 0 Å². The summed E-state index contributed by atoms with van der Waals surface area (Å²) in [7, 11) is 0. The van der Waals surface area contributed by atoms with Gasteiger partial charge >= 0.3 is 0 Å². The van der Waals surface area contributed by atoms with E-state index >= 15 is 0 Å². The predicted molar refractivity (Wildman–Crippen MR) is 52.5 cm³/mol. The molecule has 74 valence electrons. The van der Waals surface area contributed by atoms with Crippen molar-refractivity contribution in [2.45, 2.75) is 51.0 Å². The molecule has 3 aliphatic carbocycles. The van der Waals surface area contributed by atoms with Crippen LogP contribution >= 0.6 is 0 Å². The molecule has 0 saturated heterocycles. The van der Waals surface area contributed by atoms with E-state index in [1.165, 1.54) is 38.5 Å². The fraction of sp³-hybridized carbons (Fsp3) is 1.00. The van der Waals surface area contributed by atoms with Gasteiger partial charge in [-0.25, -0.2) is 0 Å². The lowest BCUT2D eigenvalue weighted by atomic mass is 9.77. The van der Waals surface area contributed by atoms with Crippen LogP contribution in [0.4, 0.5) is 0 Å². The molecule has 0 aliphatic heterocycles. The van der Waals surface area contributed by atoms with Crippen LogP contribution < -0.4 is 0 Å². The SMILES string of the molecule is CCOC12CC1CC1CCCCC12. The maximum absolute atomic E-state index is 6.03. The molecule has 4 atom stereocenters. The summed E-state index contributed by atoms with van der Waals surface area (Å²) in [5.41, 5.74) is 0.403. The fourth-order valence-electron chi connectivity index (χ4n) is 4.11. The van der Waals surface area contributed by atoms with Crippen molar-refractivity contribution in [1.29, 1.82) is 0 Å². The lowest BCUT2D eigenvalue weighted by molar-refractivity contribution is -0.0191. The van der Waals surface area contributed by atoms with Gasteiger partial charge in [0.15, 0.2) is 0 Å². The van der Waals surface area contributed by atoms with E-state index in [0.29, 0.717) is 5.60 Å². The first-order chi connectivity index (χ1) is 6.37. The molecule has 0 aromatic heterocycles. The molecular formula is C12H20O. The smallest absolute Gasteiger partial charge is 0.0745 e. The molecule has 0 aromatic rings. The molecule has 13 heavy (non-hydrogen) atoms. The molecule has 3 aliphatic rings. The van der Waals surface area contributed by atoms with Gasteiger partial charge in [-0.2, -0.15) is 0 Å². The summed E-state index contributed by atoms with van der Waals surface area (Å²) in [4.78, 5) is 0. The van der Waals surface area contributed by atoms with Crippen molar-refractivity contribution < 1.29 is 4.74 Å². The average molecular weight is 180 g/mol. The maximum atomic E-state index is 6.03. The van der Waals surface area contributed by atoms with Gasteiger partial charge in [-0.3, -0.25) is 0 Å². The molecule has 3 fully saturated rings. The van der Waals surface area contributed by atoms with Gasteiger partial charge in [0, 0.05) is 6.61 Å². The Morgan fingerprint density at radius 2 is 2.15 bits per heavy atom. The van der Waals surface area contributed by atoms with E-state index in [0.717, 1.165) is 24.4 Å². The van der Waals surface area contributed by atoms with Crippen LogP contribution in [0.5, 0.6) is 0 Å². The second kappa shape index (κ2) is 2.73. The normalized spacial score (nSPS) is 52.8. The Morgan fingerprint density at radius 3 is 3.00 bits per heavy atom. The average Bonchev–Trinajstić information content (AvgIpc) is 2.74. The second-order valence-electron chi connectivity index (χ2n) is 5.18. The third kappa shape index (κ3) is 1.03. The first-order valence-electron chi connectivity index (χ1n) is 6.01.